The first-order valence-corrected chi connectivity index (χ1v) is 6.64. The lowest BCUT2D eigenvalue weighted by Crippen LogP contribution is -2.35. The van der Waals surface area contributed by atoms with Gasteiger partial charge < -0.3 is 15.1 Å². The Balaban J connectivity index is 2.51. The number of carbonyl (C=O) groups is 2. The zero-order valence-electron chi connectivity index (χ0n) is 10.0. The lowest BCUT2D eigenvalue weighted by Gasteiger charge is -2.21. The number of rotatable bonds is 8. The quantitative estimate of drug-likeness (QED) is 0.738. The number of carbonyl (C=O) groups excluding carboxylic acids is 1. The molecule has 0 fully saturated rings. The van der Waals surface area contributed by atoms with Crippen molar-refractivity contribution >= 4 is 23.2 Å². The van der Waals surface area contributed by atoms with Gasteiger partial charge in [-0.1, -0.05) is 6.07 Å². The summed E-state index contributed by atoms with van der Waals surface area (Å²) in [5.41, 5.74) is 0. The Morgan fingerprint density at radius 1 is 1.33 bits per heavy atom. The van der Waals surface area contributed by atoms with Gasteiger partial charge in [-0.3, -0.25) is 9.59 Å². The third kappa shape index (κ3) is 5.29. The van der Waals surface area contributed by atoms with E-state index >= 15 is 0 Å². The molecule has 0 spiro atoms. The van der Waals surface area contributed by atoms with Gasteiger partial charge in [0.25, 0.3) is 0 Å². The van der Waals surface area contributed by atoms with Crippen LogP contribution in [0.1, 0.15) is 17.7 Å². The standard InChI is InChI=1S/C12H17NO4S/c14-7-2-5-13(6-4-12(16)17)11(15)9-10-3-1-8-18-10/h1,3,8,14H,2,4-7,9H2,(H,16,17). The van der Waals surface area contributed by atoms with Gasteiger partial charge in [0.2, 0.25) is 5.91 Å². The van der Waals surface area contributed by atoms with Gasteiger partial charge in [0.15, 0.2) is 0 Å². The van der Waals surface area contributed by atoms with Gasteiger partial charge in [0.1, 0.15) is 0 Å². The first-order chi connectivity index (χ1) is 8.63. The van der Waals surface area contributed by atoms with E-state index in [0.29, 0.717) is 19.4 Å². The molecular formula is C12H17NO4S. The summed E-state index contributed by atoms with van der Waals surface area (Å²) in [6.45, 7) is 0.587. The summed E-state index contributed by atoms with van der Waals surface area (Å²) in [4.78, 5) is 25.0. The average molecular weight is 271 g/mol. The topological polar surface area (TPSA) is 77.8 Å². The Kier molecular flexibility index (Phi) is 6.38. The van der Waals surface area contributed by atoms with Crippen LogP contribution in [0.2, 0.25) is 0 Å². The van der Waals surface area contributed by atoms with E-state index < -0.39 is 5.97 Å². The van der Waals surface area contributed by atoms with E-state index in [9.17, 15) is 9.59 Å². The maximum absolute atomic E-state index is 12.0. The molecule has 0 unspecified atom stereocenters. The lowest BCUT2D eigenvalue weighted by molar-refractivity contribution is -0.138. The molecular weight excluding hydrogens is 254 g/mol. The van der Waals surface area contributed by atoms with Crippen LogP contribution in [-0.4, -0.2) is 46.7 Å². The largest absolute Gasteiger partial charge is 0.481 e. The van der Waals surface area contributed by atoms with Crippen LogP contribution in [-0.2, 0) is 16.0 Å². The minimum absolute atomic E-state index is 0.00411. The first kappa shape index (κ1) is 14.7. The van der Waals surface area contributed by atoms with E-state index in [0.717, 1.165) is 4.88 Å². The molecule has 0 atom stereocenters. The normalized spacial score (nSPS) is 10.3. The number of amides is 1. The van der Waals surface area contributed by atoms with Gasteiger partial charge in [-0.05, 0) is 17.9 Å². The Labute approximate surface area is 110 Å². The molecule has 0 bridgehead atoms. The molecule has 1 aromatic heterocycles. The van der Waals surface area contributed by atoms with E-state index in [2.05, 4.69) is 0 Å². The third-order valence-electron chi connectivity index (χ3n) is 2.44. The van der Waals surface area contributed by atoms with Crippen molar-refractivity contribution in [3.05, 3.63) is 22.4 Å². The molecule has 0 aliphatic carbocycles. The fourth-order valence-corrected chi connectivity index (χ4v) is 2.22. The molecule has 1 rings (SSSR count). The highest BCUT2D eigenvalue weighted by Gasteiger charge is 2.15. The summed E-state index contributed by atoms with van der Waals surface area (Å²) in [7, 11) is 0. The van der Waals surface area contributed by atoms with E-state index in [1.54, 1.807) is 0 Å². The van der Waals surface area contributed by atoms with E-state index in [4.69, 9.17) is 10.2 Å². The van der Waals surface area contributed by atoms with E-state index in [1.165, 1.54) is 16.2 Å². The monoisotopic (exact) mass is 271 g/mol. The molecule has 0 aromatic carbocycles. The molecule has 6 heteroatoms. The minimum atomic E-state index is -0.923. The van der Waals surface area contributed by atoms with Gasteiger partial charge in [-0.15, -0.1) is 11.3 Å². The fourth-order valence-electron chi connectivity index (χ4n) is 1.53. The van der Waals surface area contributed by atoms with Crippen molar-refractivity contribution in [1.82, 2.24) is 4.90 Å². The second-order valence-electron chi connectivity index (χ2n) is 3.86. The SMILES string of the molecule is O=C(O)CCN(CCCO)C(=O)Cc1cccs1. The Hall–Kier alpha value is -1.40. The van der Waals surface area contributed by atoms with Crippen LogP contribution < -0.4 is 0 Å². The van der Waals surface area contributed by atoms with Gasteiger partial charge in [-0.25, -0.2) is 0 Å². The number of aliphatic hydroxyl groups is 1. The molecule has 1 heterocycles. The number of carboxylic acid groups (broad SMARTS) is 1. The van der Waals surface area contributed by atoms with Crippen molar-refractivity contribution < 1.29 is 19.8 Å². The molecule has 0 aliphatic heterocycles. The number of aliphatic carboxylic acids is 1. The van der Waals surface area contributed by atoms with Crippen molar-refractivity contribution in [2.45, 2.75) is 19.3 Å². The fraction of sp³-hybridized carbons (Fsp3) is 0.500. The molecule has 5 nitrogen and oxygen atoms in total. The number of nitrogens with zero attached hydrogens (tertiary/aromatic N) is 1. The molecule has 0 aliphatic rings. The van der Waals surface area contributed by atoms with Crippen LogP contribution in [0.25, 0.3) is 0 Å². The number of hydrogen-bond acceptors (Lipinski definition) is 4. The molecule has 18 heavy (non-hydrogen) atoms. The van der Waals surface area contributed by atoms with E-state index in [-0.39, 0.29) is 25.5 Å². The van der Waals surface area contributed by atoms with Crippen LogP contribution in [0.3, 0.4) is 0 Å². The highest BCUT2D eigenvalue weighted by atomic mass is 32.1. The summed E-state index contributed by atoms with van der Waals surface area (Å²) < 4.78 is 0. The highest BCUT2D eigenvalue weighted by Crippen LogP contribution is 2.11. The van der Waals surface area contributed by atoms with Crippen LogP contribution >= 0.6 is 11.3 Å². The second kappa shape index (κ2) is 7.84. The molecule has 0 radical (unpaired) electrons. The zero-order valence-corrected chi connectivity index (χ0v) is 10.9. The highest BCUT2D eigenvalue weighted by molar-refractivity contribution is 7.10. The molecule has 1 aromatic rings. The summed E-state index contributed by atoms with van der Waals surface area (Å²) >= 11 is 1.50. The van der Waals surface area contributed by atoms with Crippen molar-refractivity contribution in [1.29, 1.82) is 0 Å². The number of hydrogen-bond donors (Lipinski definition) is 2. The summed E-state index contributed by atoms with van der Waals surface area (Å²) in [5.74, 6) is -1.01. The van der Waals surface area contributed by atoms with Gasteiger partial charge in [0.05, 0.1) is 12.8 Å². The van der Waals surface area contributed by atoms with Gasteiger partial charge in [-0.2, -0.15) is 0 Å². The van der Waals surface area contributed by atoms with Crippen molar-refractivity contribution in [2.75, 3.05) is 19.7 Å². The summed E-state index contributed by atoms with van der Waals surface area (Å²) in [6, 6.07) is 3.76. The summed E-state index contributed by atoms with van der Waals surface area (Å²) in [6.07, 6.45) is 0.695. The first-order valence-electron chi connectivity index (χ1n) is 5.76. The third-order valence-corrected chi connectivity index (χ3v) is 3.32. The number of carboxylic acids is 1. The average Bonchev–Trinajstić information content (AvgIpc) is 2.81. The Bertz CT molecular complexity index is 377. The molecule has 2 N–H and O–H groups in total. The number of thiophene rings is 1. The van der Waals surface area contributed by atoms with Crippen LogP contribution in [0, 0.1) is 0 Å². The number of aliphatic hydroxyl groups excluding tert-OH is 1. The molecule has 1 amide bonds. The second-order valence-corrected chi connectivity index (χ2v) is 4.89. The van der Waals surface area contributed by atoms with Crippen LogP contribution in [0.15, 0.2) is 17.5 Å². The van der Waals surface area contributed by atoms with Crippen molar-refractivity contribution in [3.63, 3.8) is 0 Å². The van der Waals surface area contributed by atoms with Gasteiger partial charge in [0, 0.05) is 24.6 Å². The maximum Gasteiger partial charge on any atom is 0.305 e. The predicted molar refractivity (Wildman–Crippen MR) is 68.6 cm³/mol. The molecule has 0 saturated heterocycles. The van der Waals surface area contributed by atoms with Crippen molar-refractivity contribution in [3.8, 4) is 0 Å². The van der Waals surface area contributed by atoms with Crippen LogP contribution in [0.4, 0.5) is 0 Å². The van der Waals surface area contributed by atoms with Crippen LogP contribution in [0.5, 0.6) is 0 Å². The molecule has 0 saturated carbocycles. The maximum atomic E-state index is 12.0. The smallest absolute Gasteiger partial charge is 0.305 e. The zero-order chi connectivity index (χ0) is 13.4. The Morgan fingerprint density at radius 3 is 2.67 bits per heavy atom. The Morgan fingerprint density at radius 2 is 2.11 bits per heavy atom. The molecule has 100 valence electrons. The van der Waals surface area contributed by atoms with Crippen molar-refractivity contribution in [2.24, 2.45) is 0 Å². The predicted octanol–water partition coefficient (Wildman–Crippen LogP) is 0.976. The van der Waals surface area contributed by atoms with E-state index in [1.807, 2.05) is 17.5 Å². The summed E-state index contributed by atoms with van der Waals surface area (Å²) in [5, 5.41) is 19.3. The lowest BCUT2D eigenvalue weighted by atomic mass is 10.2. The van der Waals surface area contributed by atoms with Gasteiger partial charge >= 0.3 is 5.97 Å². The minimum Gasteiger partial charge on any atom is -0.481 e.